The Hall–Kier alpha value is -1.09. The van der Waals surface area contributed by atoms with Crippen molar-refractivity contribution in [3.63, 3.8) is 0 Å². The van der Waals surface area contributed by atoms with Gasteiger partial charge >= 0.3 is 0 Å². The first-order valence-electron chi connectivity index (χ1n) is 6.35. The standard InChI is InChI=1S/C14H20FNO/c1-9-7-8-11(14(17)12(9)15)13(16)10-5-3-2-4-6-10/h7-8,10,13,17H,2-6,16H2,1H3/t13-/m1/s1. The van der Waals surface area contributed by atoms with Gasteiger partial charge in [0.1, 0.15) is 0 Å². The zero-order valence-corrected chi connectivity index (χ0v) is 10.2. The number of nitrogens with two attached hydrogens (primary N) is 1. The molecule has 1 aliphatic carbocycles. The molecule has 1 aromatic rings. The van der Waals surface area contributed by atoms with Gasteiger partial charge in [0.05, 0.1) is 0 Å². The van der Waals surface area contributed by atoms with E-state index in [0.717, 1.165) is 12.8 Å². The molecule has 1 aliphatic rings. The highest BCUT2D eigenvalue weighted by Crippen LogP contribution is 2.37. The maximum absolute atomic E-state index is 13.6. The van der Waals surface area contributed by atoms with Crippen molar-refractivity contribution < 1.29 is 9.50 Å². The second-order valence-electron chi connectivity index (χ2n) is 5.06. The molecule has 0 aliphatic heterocycles. The highest BCUT2D eigenvalue weighted by atomic mass is 19.1. The van der Waals surface area contributed by atoms with Crippen LogP contribution in [0.25, 0.3) is 0 Å². The average Bonchev–Trinajstić information content (AvgIpc) is 2.36. The van der Waals surface area contributed by atoms with Gasteiger partial charge < -0.3 is 10.8 Å². The molecule has 94 valence electrons. The fraction of sp³-hybridized carbons (Fsp3) is 0.571. The second kappa shape index (κ2) is 5.05. The summed E-state index contributed by atoms with van der Waals surface area (Å²) in [6.07, 6.45) is 5.80. The number of phenolic OH excluding ortho intramolecular Hbond substituents is 1. The summed E-state index contributed by atoms with van der Waals surface area (Å²) in [5.41, 5.74) is 7.18. The van der Waals surface area contributed by atoms with E-state index >= 15 is 0 Å². The van der Waals surface area contributed by atoms with Crippen molar-refractivity contribution >= 4 is 0 Å². The normalized spacial score (nSPS) is 19.2. The number of hydrogen-bond acceptors (Lipinski definition) is 2. The summed E-state index contributed by atoms with van der Waals surface area (Å²) >= 11 is 0. The van der Waals surface area contributed by atoms with Crippen LogP contribution >= 0.6 is 0 Å². The predicted molar refractivity (Wildman–Crippen MR) is 66.3 cm³/mol. The van der Waals surface area contributed by atoms with E-state index < -0.39 is 5.82 Å². The summed E-state index contributed by atoms with van der Waals surface area (Å²) in [5, 5.41) is 9.82. The molecule has 1 saturated carbocycles. The van der Waals surface area contributed by atoms with Crippen LogP contribution in [0, 0.1) is 18.7 Å². The lowest BCUT2D eigenvalue weighted by Crippen LogP contribution is -2.23. The lowest BCUT2D eigenvalue weighted by molar-refractivity contribution is 0.300. The van der Waals surface area contributed by atoms with Crippen LogP contribution in [0.2, 0.25) is 0 Å². The van der Waals surface area contributed by atoms with E-state index in [2.05, 4.69) is 0 Å². The molecule has 2 rings (SSSR count). The number of aryl methyl sites for hydroxylation is 1. The number of benzene rings is 1. The van der Waals surface area contributed by atoms with E-state index in [4.69, 9.17) is 5.73 Å². The van der Waals surface area contributed by atoms with Gasteiger partial charge in [-0.3, -0.25) is 0 Å². The van der Waals surface area contributed by atoms with Crippen LogP contribution in [0.15, 0.2) is 12.1 Å². The molecule has 3 heteroatoms. The number of phenols is 1. The Bertz CT molecular complexity index is 399. The van der Waals surface area contributed by atoms with Crippen molar-refractivity contribution in [2.24, 2.45) is 11.7 Å². The van der Waals surface area contributed by atoms with Crippen molar-refractivity contribution in [3.8, 4) is 5.75 Å². The number of halogens is 1. The Kier molecular flexibility index (Phi) is 3.67. The van der Waals surface area contributed by atoms with E-state index in [0.29, 0.717) is 17.0 Å². The van der Waals surface area contributed by atoms with Crippen LogP contribution in [-0.2, 0) is 0 Å². The third kappa shape index (κ3) is 2.44. The van der Waals surface area contributed by atoms with E-state index in [1.54, 1.807) is 19.1 Å². The van der Waals surface area contributed by atoms with Crippen LogP contribution in [0.5, 0.6) is 5.75 Å². The van der Waals surface area contributed by atoms with Gasteiger partial charge in [0, 0.05) is 11.6 Å². The first-order chi connectivity index (χ1) is 8.11. The molecule has 2 nitrogen and oxygen atoms in total. The van der Waals surface area contributed by atoms with Gasteiger partial charge in [-0.2, -0.15) is 0 Å². The Morgan fingerprint density at radius 1 is 1.29 bits per heavy atom. The predicted octanol–water partition coefficient (Wildman–Crippen LogP) is 3.42. The topological polar surface area (TPSA) is 46.2 Å². The van der Waals surface area contributed by atoms with Crippen LogP contribution < -0.4 is 5.73 Å². The minimum absolute atomic E-state index is 0.245. The molecule has 17 heavy (non-hydrogen) atoms. The van der Waals surface area contributed by atoms with Crippen molar-refractivity contribution in [1.82, 2.24) is 0 Å². The summed E-state index contributed by atoms with van der Waals surface area (Å²) in [4.78, 5) is 0. The Balaban J connectivity index is 2.24. The number of rotatable bonds is 2. The van der Waals surface area contributed by atoms with E-state index in [-0.39, 0.29) is 11.8 Å². The van der Waals surface area contributed by atoms with Gasteiger partial charge in [-0.1, -0.05) is 31.4 Å². The molecule has 0 saturated heterocycles. The molecule has 0 amide bonds. The average molecular weight is 237 g/mol. The van der Waals surface area contributed by atoms with Gasteiger partial charge in [0.25, 0.3) is 0 Å². The van der Waals surface area contributed by atoms with Gasteiger partial charge in [0.2, 0.25) is 0 Å². The molecule has 0 unspecified atom stereocenters. The van der Waals surface area contributed by atoms with Crippen molar-refractivity contribution in [2.45, 2.75) is 45.1 Å². The van der Waals surface area contributed by atoms with Gasteiger partial charge in [-0.25, -0.2) is 4.39 Å². The van der Waals surface area contributed by atoms with Crippen LogP contribution in [0.3, 0.4) is 0 Å². The number of aromatic hydroxyl groups is 1. The SMILES string of the molecule is Cc1ccc([C@H](N)C2CCCCC2)c(O)c1F. The van der Waals surface area contributed by atoms with Gasteiger partial charge in [0.15, 0.2) is 11.6 Å². The Morgan fingerprint density at radius 2 is 1.94 bits per heavy atom. The zero-order chi connectivity index (χ0) is 12.4. The molecular formula is C14H20FNO. The molecule has 0 radical (unpaired) electrons. The lowest BCUT2D eigenvalue weighted by atomic mass is 9.81. The summed E-state index contributed by atoms with van der Waals surface area (Å²) < 4.78 is 13.6. The molecular weight excluding hydrogens is 217 g/mol. The highest BCUT2D eigenvalue weighted by molar-refractivity contribution is 5.40. The summed E-state index contributed by atoms with van der Waals surface area (Å²) in [6.45, 7) is 1.64. The smallest absolute Gasteiger partial charge is 0.168 e. The van der Waals surface area contributed by atoms with Crippen molar-refractivity contribution in [1.29, 1.82) is 0 Å². The monoisotopic (exact) mass is 237 g/mol. The van der Waals surface area contributed by atoms with Crippen LogP contribution in [0.4, 0.5) is 4.39 Å². The molecule has 1 atom stereocenters. The third-order valence-corrected chi connectivity index (χ3v) is 3.86. The Labute approximate surface area is 102 Å². The summed E-state index contributed by atoms with van der Waals surface area (Å²) in [6, 6.07) is 3.20. The van der Waals surface area contributed by atoms with Crippen LogP contribution in [0.1, 0.15) is 49.3 Å². The fourth-order valence-electron chi connectivity index (χ4n) is 2.70. The van der Waals surface area contributed by atoms with E-state index in [9.17, 15) is 9.50 Å². The largest absolute Gasteiger partial charge is 0.505 e. The summed E-state index contributed by atoms with van der Waals surface area (Å²) in [5.74, 6) is -0.423. The maximum atomic E-state index is 13.6. The molecule has 0 aromatic heterocycles. The van der Waals surface area contributed by atoms with Crippen molar-refractivity contribution in [3.05, 3.63) is 29.1 Å². The molecule has 0 bridgehead atoms. The third-order valence-electron chi connectivity index (χ3n) is 3.86. The fourth-order valence-corrected chi connectivity index (χ4v) is 2.70. The van der Waals surface area contributed by atoms with E-state index in [1.165, 1.54) is 19.3 Å². The lowest BCUT2D eigenvalue weighted by Gasteiger charge is -2.28. The van der Waals surface area contributed by atoms with Crippen molar-refractivity contribution in [2.75, 3.05) is 0 Å². The van der Waals surface area contributed by atoms with Crippen LogP contribution in [-0.4, -0.2) is 5.11 Å². The molecule has 0 heterocycles. The Morgan fingerprint density at radius 3 is 2.59 bits per heavy atom. The number of hydrogen-bond donors (Lipinski definition) is 2. The van der Waals surface area contributed by atoms with Gasteiger partial charge in [-0.15, -0.1) is 0 Å². The van der Waals surface area contributed by atoms with Gasteiger partial charge in [-0.05, 0) is 31.2 Å². The quantitative estimate of drug-likeness (QED) is 0.827. The first-order valence-corrected chi connectivity index (χ1v) is 6.35. The van der Waals surface area contributed by atoms with E-state index in [1.807, 2.05) is 0 Å². The minimum atomic E-state index is -0.534. The second-order valence-corrected chi connectivity index (χ2v) is 5.06. The maximum Gasteiger partial charge on any atom is 0.168 e. The first kappa shape index (κ1) is 12.4. The molecule has 1 aromatic carbocycles. The molecule has 0 spiro atoms. The molecule has 1 fully saturated rings. The molecule has 3 N–H and O–H groups in total. The zero-order valence-electron chi connectivity index (χ0n) is 10.2. The highest BCUT2D eigenvalue weighted by Gasteiger charge is 2.25. The summed E-state index contributed by atoms with van der Waals surface area (Å²) in [7, 11) is 0. The minimum Gasteiger partial charge on any atom is -0.505 e.